The highest BCUT2D eigenvalue weighted by molar-refractivity contribution is 7.99. The Morgan fingerprint density at radius 3 is 2.69 bits per heavy atom. The van der Waals surface area contributed by atoms with Gasteiger partial charge in [0.05, 0.1) is 0 Å². The van der Waals surface area contributed by atoms with Gasteiger partial charge < -0.3 is 4.79 Å². The van der Waals surface area contributed by atoms with Gasteiger partial charge in [0.25, 0.3) is 0 Å². The van der Waals surface area contributed by atoms with Crippen molar-refractivity contribution in [3.8, 4) is 0 Å². The van der Waals surface area contributed by atoms with E-state index in [1.807, 2.05) is 0 Å². The fourth-order valence-corrected chi connectivity index (χ4v) is 1.38. The zero-order valence-electron chi connectivity index (χ0n) is 8.40. The predicted octanol–water partition coefficient (Wildman–Crippen LogP) is 3.08. The van der Waals surface area contributed by atoms with Crippen molar-refractivity contribution in [3.05, 3.63) is 24.3 Å². The molecule has 0 radical (unpaired) electrons. The van der Waals surface area contributed by atoms with Gasteiger partial charge in [0.2, 0.25) is 0 Å². The summed E-state index contributed by atoms with van der Waals surface area (Å²) in [6.45, 7) is 4.31. The monoisotopic (exact) mass is 198 g/mol. The maximum Gasteiger partial charge on any atom is 0.120 e. The molecule has 0 unspecified atom stereocenters. The molecule has 1 nitrogen and oxygen atoms in total. The molecule has 0 aromatic rings. The molecule has 0 fully saturated rings. The third kappa shape index (κ3) is 11.5. The molecule has 0 aliphatic heterocycles. The first-order valence-corrected chi connectivity index (χ1v) is 5.77. The first-order valence-electron chi connectivity index (χ1n) is 4.62. The minimum Gasteiger partial charge on any atom is -0.303 e. The normalized spacial score (nSPS) is 11.9. The van der Waals surface area contributed by atoms with E-state index < -0.39 is 0 Å². The Morgan fingerprint density at radius 1 is 1.31 bits per heavy atom. The number of allylic oxidation sites excluding steroid dienone is 3. The average molecular weight is 198 g/mol. The fraction of sp³-hybridized carbons (Fsp3) is 0.545. The van der Waals surface area contributed by atoms with Crippen molar-refractivity contribution < 1.29 is 4.79 Å². The Balaban J connectivity index is 3.26. The summed E-state index contributed by atoms with van der Waals surface area (Å²) in [4.78, 5) is 9.97. The van der Waals surface area contributed by atoms with Gasteiger partial charge in [0.15, 0.2) is 0 Å². The summed E-state index contributed by atoms with van der Waals surface area (Å²) in [7, 11) is 0. The summed E-state index contributed by atoms with van der Waals surface area (Å²) in [5, 5.41) is 0. The average Bonchev–Trinajstić information content (AvgIpc) is 2.09. The van der Waals surface area contributed by atoms with Gasteiger partial charge >= 0.3 is 0 Å². The van der Waals surface area contributed by atoms with E-state index in [0.717, 1.165) is 17.8 Å². The van der Waals surface area contributed by atoms with Crippen molar-refractivity contribution in [3.63, 3.8) is 0 Å². The molecule has 13 heavy (non-hydrogen) atoms. The summed E-state index contributed by atoms with van der Waals surface area (Å²) in [6.07, 6.45) is 10.1. The van der Waals surface area contributed by atoms with Crippen molar-refractivity contribution in [2.75, 3.05) is 11.5 Å². The largest absolute Gasteiger partial charge is 0.303 e. The number of carbonyl (C=O) groups excluding carboxylic acids is 1. The first-order chi connectivity index (χ1) is 6.27. The molecule has 0 saturated heterocycles. The number of aldehydes is 1. The Hall–Kier alpha value is -0.500. The molecule has 0 aromatic heterocycles. The van der Waals surface area contributed by atoms with Gasteiger partial charge in [-0.15, -0.1) is 0 Å². The molecule has 0 aromatic carbocycles. The third-order valence-electron chi connectivity index (χ3n) is 1.34. The standard InChI is InChI=1S/C11H18OS/c1-11(2)7-4-3-5-9-13-10-6-8-12/h3-5,7-8,11H,6,9-10H2,1-2H3/b5-3+,7-4+. The molecule has 0 heterocycles. The molecule has 0 atom stereocenters. The number of rotatable bonds is 7. The molecule has 0 saturated carbocycles. The van der Waals surface area contributed by atoms with Crippen LogP contribution in [-0.4, -0.2) is 17.8 Å². The quantitative estimate of drug-likeness (QED) is 0.355. The Morgan fingerprint density at radius 2 is 2.08 bits per heavy atom. The number of thioether (sulfide) groups is 1. The van der Waals surface area contributed by atoms with Crippen LogP contribution in [0, 0.1) is 5.92 Å². The SMILES string of the molecule is CC(C)/C=C/C=C/CSCCC=O. The summed E-state index contributed by atoms with van der Waals surface area (Å²) < 4.78 is 0. The van der Waals surface area contributed by atoms with Crippen LogP contribution in [0.15, 0.2) is 24.3 Å². The van der Waals surface area contributed by atoms with E-state index in [4.69, 9.17) is 0 Å². The Bertz CT molecular complexity index is 171. The molecule has 0 aliphatic rings. The van der Waals surface area contributed by atoms with Crippen molar-refractivity contribution in [2.45, 2.75) is 20.3 Å². The molecule has 0 rings (SSSR count). The number of carbonyl (C=O) groups is 1. The summed E-state index contributed by atoms with van der Waals surface area (Å²) in [5.74, 6) is 2.55. The minimum atomic E-state index is 0.618. The molecular weight excluding hydrogens is 180 g/mol. The minimum absolute atomic E-state index is 0.618. The van der Waals surface area contributed by atoms with Gasteiger partial charge in [-0.25, -0.2) is 0 Å². The maximum absolute atomic E-state index is 9.97. The molecule has 0 amide bonds. The fourth-order valence-electron chi connectivity index (χ4n) is 0.703. The lowest BCUT2D eigenvalue weighted by molar-refractivity contribution is -0.107. The van der Waals surface area contributed by atoms with E-state index in [1.54, 1.807) is 11.8 Å². The highest BCUT2D eigenvalue weighted by atomic mass is 32.2. The van der Waals surface area contributed by atoms with Gasteiger partial charge in [-0.1, -0.05) is 38.2 Å². The van der Waals surface area contributed by atoms with Crippen LogP contribution in [0.3, 0.4) is 0 Å². The molecule has 2 heteroatoms. The lowest BCUT2D eigenvalue weighted by Crippen LogP contribution is -1.80. The Labute approximate surface area is 85.3 Å². The predicted molar refractivity (Wildman–Crippen MR) is 61.1 cm³/mol. The number of hydrogen-bond acceptors (Lipinski definition) is 2. The van der Waals surface area contributed by atoms with Crippen LogP contribution in [0.5, 0.6) is 0 Å². The first kappa shape index (κ1) is 12.5. The van der Waals surface area contributed by atoms with Gasteiger partial charge in [0.1, 0.15) is 6.29 Å². The van der Waals surface area contributed by atoms with E-state index in [9.17, 15) is 4.79 Å². The lowest BCUT2D eigenvalue weighted by Gasteiger charge is -1.91. The third-order valence-corrected chi connectivity index (χ3v) is 2.29. The van der Waals surface area contributed by atoms with Crippen LogP contribution in [-0.2, 0) is 4.79 Å². The second-order valence-corrected chi connectivity index (χ2v) is 4.24. The molecule has 0 spiro atoms. The van der Waals surface area contributed by atoms with Crippen LogP contribution in [0.2, 0.25) is 0 Å². The molecule has 0 aliphatic carbocycles. The number of hydrogen-bond donors (Lipinski definition) is 0. The van der Waals surface area contributed by atoms with Gasteiger partial charge in [0, 0.05) is 17.9 Å². The van der Waals surface area contributed by atoms with E-state index in [0.29, 0.717) is 12.3 Å². The zero-order chi connectivity index (χ0) is 9.94. The van der Waals surface area contributed by atoms with Crippen LogP contribution < -0.4 is 0 Å². The summed E-state index contributed by atoms with van der Waals surface area (Å²) in [5.41, 5.74) is 0. The van der Waals surface area contributed by atoms with E-state index in [2.05, 4.69) is 38.2 Å². The topological polar surface area (TPSA) is 17.1 Å². The van der Waals surface area contributed by atoms with E-state index in [1.165, 1.54) is 0 Å². The van der Waals surface area contributed by atoms with Crippen LogP contribution in [0.1, 0.15) is 20.3 Å². The van der Waals surface area contributed by atoms with Crippen LogP contribution >= 0.6 is 11.8 Å². The van der Waals surface area contributed by atoms with Crippen molar-refractivity contribution in [2.24, 2.45) is 5.92 Å². The summed E-state index contributed by atoms with van der Waals surface area (Å²) in [6, 6.07) is 0. The van der Waals surface area contributed by atoms with E-state index >= 15 is 0 Å². The van der Waals surface area contributed by atoms with Gasteiger partial charge in [-0.05, 0) is 5.92 Å². The molecule has 74 valence electrons. The van der Waals surface area contributed by atoms with Crippen molar-refractivity contribution in [1.29, 1.82) is 0 Å². The molecule has 0 bridgehead atoms. The van der Waals surface area contributed by atoms with Crippen LogP contribution in [0.25, 0.3) is 0 Å². The van der Waals surface area contributed by atoms with Crippen LogP contribution in [0.4, 0.5) is 0 Å². The van der Waals surface area contributed by atoms with E-state index in [-0.39, 0.29) is 0 Å². The Kier molecular flexibility index (Phi) is 9.22. The second-order valence-electron chi connectivity index (χ2n) is 3.09. The highest BCUT2D eigenvalue weighted by Crippen LogP contribution is 2.01. The van der Waals surface area contributed by atoms with Crippen molar-refractivity contribution >= 4 is 18.0 Å². The molecule has 0 N–H and O–H groups in total. The maximum atomic E-state index is 9.97. The van der Waals surface area contributed by atoms with Gasteiger partial charge in [-0.3, -0.25) is 0 Å². The summed E-state index contributed by atoms with van der Waals surface area (Å²) >= 11 is 1.78. The zero-order valence-corrected chi connectivity index (χ0v) is 9.22. The second kappa shape index (κ2) is 9.59. The highest BCUT2D eigenvalue weighted by Gasteiger charge is 1.83. The van der Waals surface area contributed by atoms with Gasteiger partial charge in [-0.2, -0.15) is 11.8 Å². The smallest absolute Gasteiger partial charge is 0.120 e. The molecular formula is C11H18OS. The lowest BCUT2D eigenvalue weighted by atomic mass is 10.2. The van der Waals surface area contributed by atoms with Crippen molar-refractivity contribution in [1.82, 2.24) is 0 Å².